The first-order valence-corrected chi connectivity index (χ1v) is 9.77. The van der Waals surface area contributed by atoms with Crippen molar-refractivity contribution in [3.05, 3.63) is 68.8 Å². The maximum Gasteiger partial charge on any atom is 0.338 e. The van der Waals surface area contributed by atoms with Gasteiger partial charge in [0.05, 0.1) is 29.9 Å². The summed E-state index contributed by atoms with van der Waals surface area (Å²) in [4.78, 5) is 39.3. The van der Waals surface area contributed by atoms with Crippen molar-refractivity contribution in [1.29, 1.82) is 0 Å². The van der Waals surface area contributed by atoms with Crippen LogP contribution in [0.5, 0.6) is 5.75 Å². The monoisotopic (exact) mass is 445 g/mol. The number of hydrogen-bond acceptors (Lipinski definition) is 8. The molecule has 1 amide bonds. The van der Waals surface area contributed by atoms with Crippen LogP contribution in [0.15, 0.2) is 41.8 Å². The number of esters is 1. The molecule has 0 unspecified atom stereocenters. The summed E-state index contributed by atoms with van der Waals surface area (Å²) in [7, 11) is 1.36. The van der Waals surface area contributed by atoms with E-state index in [9.17, 15) is 24.1 Å². The molecule has 0 atom stereocenters. The molecule has 0 saturated carbocycles. The molecular formula is C20H16FN3O6S. The molecule has 0 aliphatic rings. The number of non-ortho nitro benzene ring substituents is 1. The van der Waals surface area contributed by atoms with Gasteiger partial charge in [0.1, 0.15) is 0 Å². The number of carbonyl (C=O) groups is 2. The van der Waals surface area contributed by atoms with Gasteiger partial charge in [-0.3, -0.25) is 20.2 Å². The lowest BCUT2D eigenvalue weighted by Gasteiger charge is -2.06. The van der Waals surface area contributed by atoms with Crippen molar-refractivity contribution in [2.24, 2.45) is 0 Å². The number of halogens is 1. The van der Waals surface area contributed by atoms with E-state index in [2.05, 4.69) is 10.3 Å². The normalized spacial score (nSPS) is 10.4. The quantitative estimate of drug-likeness (QED) is 0.327. The summed E-state index contributed by atoms with van der Waals surface area (Å²) in [5.74, 6) is -1.94. The lowest BCUT2D eigenvalue weighted by Crippen LogP contribution is -2.14. The summed E-state index contributed by atoms with van der Waals surface area (Å²) in [5.41, 5.74) is 0.256. The van der Waals surface area contributed by atoms with Crippen LogP contribution < -0.4 is 10.1 Å². The molecule has 1 N–H and O–H groups in total. The van der Waals surface area contributed by atoms with Gasteiger partial charge in [-0.2, -0.15) is 0 Å². The van der Waals surface area contributed by atoms with Gasteiger partial charge in [0, 0.05) is 28.6 Å². The van der Waals surface area contributed by atoms with Crippen LogP contribution >= 0.6 is 11.3 Å². The van der Waals surface area contributed by atoms with Crippen molar-refractivity contribution < 1.29 is 28.4 Å². The van der Waals surface area contributed by atoms with E-state index >= 15 is 0 Å². The number of carbonyl (C=O) groups excluding carboxylic acids is 2. The summed E-state index contributed by atoms with van der Waals surface area (Å²) < 4.78 is 23.7. The molecule has 0 aliphatic heterocycles. The molecule has 0 saturated heterocycles. The number of thiazole rings is 1. The van der Waals surface area contributed by atoms with Crippen molar-refractivity contribution in [2.45, 2.75) is 6.92 Å². The van der Waals surface area contributed by atoms with E-state index in [1.54, 1.807) is 18.4 Å². The molecule has 0 fully saturated rings. The number of rotatable bonds is 7. The Morgan fingerprint density at radius 1 is 1.23 bits per heavy atom. The predicted octanol–water partition coefficient (Wildman–Crippen LogP) is 4.30. The maximum absolute atomic E-state index is 13.9. The van der Waals surface area contributed by atoms with Gasteiger partial charge in [-0.1, -0.05) is 0 Å². The lowest BCUT2D eigenvalue weighted by atomic mass is 10.1. The second-order valence-corrected chi connectivity index (χ2v) is 6.95. The van der Waals surface area contributed by atoms with E-state index in [1.807, 2.05) is 0 Å². The molecule has 11 heteroatoms. The van der Waals surface area contributed by atoms with E-state index in [4.69, 9.17) is 9.47 Å². The Kier molecular flexibility index (Phi) is 6.55. The fraction of sp³-hybridized carbons (Fsp3) is 0.150. The smallest absolute Gasteiger partial charge is 0.338 e. The van der Waals surface area contributed by atoms with Crippen LogP contribution in [0.4, 0.5) is 15.2 Å². The molecule has 0 aliphatic carbocycles. The highest BCUT2D eigenvalue weighted by atomic mass is 32.1. The second-order valence-electron chi connectivity index (χ2n) is 6.09. The Morgan fingerprint density at radius 3 is 2.61 bits per heavy atom. The summed E-state index contributed by atoms with van der Waals surface area (Å²) in [6.07, 6.45) is 0. The molecule has 1 aromatic heterocycles. The van der Waals surface area contributed by atoms with Crippen molar-refractivity contribution in [2.75, 3.05) is 19.0 Å². The average molecular weight is 445 g/mol. The van der Waals surface area contributed by atoms with Crippen molar-refractivity contribution in [3.63, 3.8) is 0 Å². The maximum atomic E-state index is 13.9. The number of ether oxygens (including phenoxy) is 2. The van der Waals surface area contributed by atoms with Crippen LogP contribution in [-0.4, -0.2) is 35.5 Å². The van der Waals surface area contributed by atoms with Gasteiger partial charge in [0.2, 0.25) is 0 Å². The van der Waals surface area contributed by atoms with Gasteiger partial charge in [-0.15, -0.1) is 11.3 Å². The third-order valence-electron chi connectivity index (χ3n) is 4.07. The van der Waals surface area contributed by atoms with Crippen LogP contribution in [-0.2, 0) is 4.74 Å². The summed E-state index contributed by atoms with van der Waals surface area (Å²) in [5, 5.41) is 15.5. The number of nitrogens with zero attached hydrogens (tertiary/aromatic N) is 2. The molecule has 1 heterocycles. The highest BCUT2D eigenvalue weighted by Gasteiger charge is 2.19. The third-order valence-corrected chi connectivity index (χ3v) is 4.83. The molecule has 3 rings (SSSR count). The lowest BCUT2D eigenvalue weighted by molar-refractivity contribution is -0.384. The SMILES string of the molecule is CCOC(=O)c1cc(C(=O)Nc2nc(-c3ccc(OC)c(F)c3)cs2)cc([N+](=O)[O-])c1. The highest BCUT2D eigenvalue weighted by molar-refractivity contribution is 7.14. The zero-order chi connectivity index (χ0) is 22.5. The Hall–Kier alpha value is -3.86. The number of nitrogens with one attached hydrogen (secondary N) is 1. The number of nitro groups is 1. The zero-order valence-electron chi connectivity index (χ0n) is 16.4. The molecule has 0 spiro atoms. The Balaban J connectivity index is 1.84. The van der Waals surface area contributed by atoms with Gasteiger partial charge in [0.25, 0.3) is 11.6 Å². The Morgan fingerprint density at radius 2 is 1.97 bits per heavy atom. The van der Waals surface area contributed by atoms with E-state index in [1.165, 1.54) is 25.3 Å². The molecule has 31 heavy (non-hydrogen) atoms. The molecule has 2 aromatic carbocycles. The number of anilines is 1. The molecule has 0 bridgehead atoms. The minimum absolute atomic E-state index is 0.0803. The zero-order valence-corrected chi connectivity index (χ0v) is 17.2. The van der Waals surface area contributed by atoms with Gasteiger partial charge < -0.3 is 9.47 Å². The third kappa shape index (κ3) is 5.01. The van der Waals surface area contributed by atoms with Gasteiger partial charge >= 0.3 is 5.97 Å². The van der Waals surface area contributed by atoms with E-state index in [0.29, 0.717) is 11.3 Å². The minimum atomic E-state index is -0.779. The van der Waals surface area contributed by atoms with Gasteiger partial charge in [-0.25, -0.2) is 14.2 Å². The number of methoxy groups -OCH3 is 1. The predicted molar refractivity (Wildman–Crippen MR) is 111 cm³/mol. The van der Waals surface area contributed by atoms with Crippen molar-refractivity contribution in [1.82, 2.24) is 4.98 Å². The first kappa shape index (κ1) is 21.8. The van der Waals surface area contributed by atoms with Crippen LogP contribution in [0.1, 0.15) is 27.6 Å². The van der Waals surface area contributed by atoms with Gasteiger partial charge in [0.15, 0.2) is 16.7 Å². The number of hydrogen-bond donors (Lipinski definition) is 1. The number of amides is 1. The van der Waals surface area contributed by atoms with Crippen LogP contribution in [0.3, 0.4) is 0 Å². The fourth-order valence-electron chi connectivity index (χ4n) is 2.64. The molecule has 160 valence electrons. The summed E-state index contributed by atoms with van der Waals surface area (Å²) in [6, 6.07) is 7.62. The Bertz CT molecular complexity index is 1160. The number of nitro benzene ring substituents is 1. The Labute approximate surface area is 179 Å². The molecule has 3 aromatic rings. The van der Waals surface area contributed by atoms with E-state index < -0.39 is 28.3 Å². The summed E-state index contributed by atoms with van der Waals surface area (Å²) in [6.45, 7) is 1.68. The minimum Gasteiger partial charge on any atom is -0.494 e. The highest BCUT2D eigenvalue weighted by Crippen LogP contribution is 2.29. The summed E-state index contributed by atoms with van der Waals surface area (Å²) >= 11 is 1.09. The molecular weight excluding hydrogens is 429 g/mol. The fourth-order valence-corrected chi connectivity index (χ4v) is 3.35. The van der Waals surface area contributed by atoms with E-state index in [-0.39, 0.29) is 28.6 Å². The van der Waals surface area contributed by atoms with E-state index in [0.717, 1.165) is 23.5 Å². The first-order valence-electron chi connectivity index (χ1n) is 8.89. The standard InChI is InChI=1S/C20H16FN3O6S/c1-3-30-19(26)13-6-12(7-14(8-13)24(27)28)18(25)23-20-22-16(10-31-20)11-4-5-17(29-2)15(21)9-11/h4-10H,3H2,1-2H3,(H,22,23,25). The van der Waals surface area contributed by atoms with Crippen LogP contribution in [0, 0.1) is 15.9 Å². The number of benzene rings is 2. The second kappa shape index (κ2) is 9.30. The molecule has 0 radical (unpaired) electrons. The van der Waals surface area contributed by atoms with Crippen LogP contribution in [0.25, 0.3) is 11.3 Å². The average Bonchev–Trinajstić information content (AvgIpc) is 3.21. The topological polar surface area (TPSA) is 121 Å². The number of aromatic nitrogens is 1. The van der Waals surface area contributed by atoms with Crippen LogP contribution in [0.2, 0.25) is 0 Å². The van der Waals surface area contributed by atoms with Crippen molar-refractivity contribution >= 4 is 34.0 Å². The largest absolute Gasteiger partial charge is 0.494 e. The van der Waals surface area contributed by atoms with Crippen molar-refractivity contribution in [3.8, 4) is 17.0 Å². The van der Waals surface area contributed by atoms with Gasteiger partial charge in [-0.05, 0) is 31.2 Å². The molecule has 9 nitrogen and oxygen atoms in total. The first-order chi connectivity index (χ1) is 14.8.